The first-order valence-corrected chi connectivity index (χ1v) is 8.47. The number of carbonyl (C=O) groups is 2. The fraction of sp³-hybridized carbons (Fsp3) is 0.294. The molecule has 0 saturated heterocycles. The lowest BCUT2D eigenvalue weighted by molar-refractivity contribution is -0.913. The summed E-state index contributed by atoms with van der Waals surface area (Å²) >= 11 is 1.36. The Morgan fingerprint density at radius 1 is 1.30 bits per heavy atom. The van der Waals surface area contributed by atoms with Gasteiger partial charge in [-0.1, -0.05) is 18.2 Å². The summed E-state index contributed by atoms with van der Waals surface area (Å²) in [6.45, 7) is 4.83. The Hall–Kier alpha value is -2.18. The Balaban J connectivity index is 1.92. The number of benzene rings is 1. The molecule has 3 rings (SSSR count). The number of hydrogen-bond acceptors (Lipinski definition) is 4. The molecule has 23 heavy (non-hydrogen) atoms. The van der Waals surface area contributed by atoms with Crippen molar-refractivity contribution >= 4 is 28.2 Å². The zero-order valence-electron chi connectivity index (χ0n) is 12.8. The van der Waals surface area contributed by atoms with Crippen LogP contribution < -0.4 is 15.3 Å². The summed E-state index contributed by atoms with van der Waals surface area (Å²) in [6, 6.07) is 8.78. The average molecular weight is 330 g/mol. The van der Waals surface area contributed by atoms with E-state index in [9.17, 15) is 14.7 Å². The van der Waals surface area contributed by atoms with E-state index in [0.29, 0.717) is 17.0 Å². The number of anilines is 1. The number of hydrogen-bond donors (Lipinski definition) is 2. The monoisotopic (exact) mass is 330 g/mol. The summed E-state index contributed by atoms with van der Waals surface area (Å²) in [5.41, 5.74) is 1.49. The summed E-state index contributed by atoms with van der Waals surface area (Å²) in [7, 11) is 0. The summed E-state index contributed by atoms with van der Waals surface area (Å²) in [4.78, 5) is 26.3. The minimum atomic E-state index is -1.22. The van der Waals surface area contributed by atoms with Crippen LogP contribution in [-0.2, 0) is 13.0 Å². The summed E-state index contributed by atoms with van der Waals surface area (Å²) < 4.78 is 0. The van der Waals surface area contributed by atoms with E-state index in [2.05, 4.69) is 12.2 Å². The molecule has 0 aliphatic carbocycles. The fourth-order valence-corrected chi connectivity index (χ4v) is 4.21. The molecule has 2 heterocycles. The Kier molecular flexibility index (Phi) is 4.45. The SMILES string of the molecule is CC[NH+]1CCc2c(sc(NC(=O)c3ccccc3)c2C(=O)[O-])C1. The predicted octanol–water partition coefficient (Wildman–Crippen LogP) is 0.325. The van der Waals surface area contributed by atoms with E-state index in [0.717, 1.165) is 30.1 Å². The van der Waals surface area contributed by atoms with E-state index < -0.39 is 5.97 Å². The van der Waals surface area contributed by atoms with Crippen molar-refractivity contribution in [2.45, 2.75) is 19.9 Å². The minimum absolute atomic E-state index is 0.157. The number of fused-ring (bicyclic) bond motifs is 1. The summed E-state index contributed by atoms with van der Waals surface area (Å²) in [5.74, 6) is -1.52. The molecule has 1 amide bonds. The summed E-state index contributed by atoms with van der Waals surface area (Å²) in [6.07, 6.45) is 0.708. The van der Waals surface area contributed by atoms with Gasteiger partial charge >= 0.3 is 0 Å². The van der Waals surface area contributed by atoms with E-state index in [1.807, 2.05) is 6.07 Å². The Morgan fingerprint density at radius 2 is 2.04 bits per heavy atom. The number of carboxylic acid groups (broad SMARTS) is 1. The smallest absolute Gasteiger partial charge is 0.256 e. The second kappa shape index (κ2) is 6.52. The molecule has 0 saturated carbocycles. The zero-order chi connectivity index (χ0) is 16.4. The van der Waals surface area contributed by atoms with E-state index in [1.165, 1.54) is 16.2 Å². The molecule has 1 unspecified atom stereocenters. The van der Waals surface area contributed by atoms with Gasteiger partial charge in [-0.3, -0.25) is 4.79 Å². The molecule has 2 aromatic rings. The van der Waals surface area contributed by atoms with E-state index in [-0.39, 0.29) is 11.5 Å². The molecular formula is C17H18N2O3S. The highest BCUT2D eigenvalue weighted by Gasteiger charge is 2.27. The van der Waals surface area contributed by atoms with Gasteiger partial charge in [-0.2, -0.15) is 0 Å². The molecule has 120 valence electrons. The number of amides is 1. The first-order chi connectivity index (χ1) is 11.1. The molecule has 0 bridgehead atoms. The lowest BCUT2D eigenvalue weighted by Gasteiger charge is -2.23. The van der Waals surface area contributed by atoms with E-state index >= 15 is 0 Å². The molecule has 1 aliphatic rings. The third kappa shape index (κ3) is 3.13. The second-order valence-electron chi connectivity index (χ2n) is 5.60. The lowest BCUT2D eigenvalue weighted by Crippen LogP contribution is -3.11. The quantitative estimate of drug-likeness (QED) is 0.848. The molecule has 2 N–H and O–H groups in total. The van der Waals surface area contributed by atoms with Crippen LogP contribution in [0.15, 0.2) is 30.3 Å². The number of carboxylic acids is 1. The van der Waals surface area contributed by atoms with Gasteiger partial charge in [0.05, 0.1) is 23.9 Å². The number of likely N-dealkylation sites (N-methyl/N-ethyl adjacent to an activating group) is 1. The predicted molar refractivity (Wildman–Crippen MR) is 86.8 cm³/mol. The number of aromatic carboxylic acids is 1. The first kappa shape index (κ1) is 15.7. The van der Waals surface area contributed by atoms with Crippen molar-refractivity contribution in [3.63, 3.8) is 0 Å². The Bertz CT molecular complexity index is 740. The molecule has 0 spiro atoms. The van der Waals surface area contributed by atoms with E-state index in [1.54, 1.807) is 24.3 Å². The average Bonchev–Trinajstić information content (AvgIpc) is 2.92. The van der Waals surface area contributed by atoms with Gasteiger partial charge in [-0.25, -0.2) is 0 Å². The van der Waals surface area contributed by atoms with Gasteiger partial charge in [-0.05, 0) is 24.6 Å². The highest BCUT2D eigenvalue weighted by Crippen LogP contribution is 2.34. The molecule has 1 aromatic heterocycles. The lowest BCUT2D eigenvalue weighted by atomic mass is 10.0. The van der Waals surface area contributed by atoms with Gasteiger partial charge in [0.25, 0.3) is 5.91 Å². The second-order valence-corrected chi connectivity index (χ2v) is 6.70. The topological polar surface area (TPSA) is 73.7 Å². The standard InChI is InChI=1S/C17H18N2O3S/c1-2-19-9-8-12-13(10-19)23-16(14(12)17(21)22)18-15(20)11-6-4-3-5-7-11/h3-7H,2,8-10H2,1H3,(H,18,20)(H,21,22). The number of rotatable bonds is 4. The molecule has 1 aliphatic heterocycles. The first-order valence-electron chi connectivity index (χ1n) is 7.66. The zero-order valence-corrected chi connectivity index (χ0v) is 13.7. The molecule has 6 heteroatoms. The minimum Gasteiger partial charge on any atom is -0.545 e. The fourth-order valence-electron chi connectivity index (χ4n) is 2.91. The maximum atomic E-state index is 12.3. The molecule has 0 fully saturated rings. The van der Waals surface area contributed by atoms with Crippen molar-refractivity contribution in [3.8, 4) is 0 Å². The van der Waals surface area contributed by atoms with Crippen molar-refractivity contribution in [2.24, 2.45) is 0 Å². The number of nitrogens with one attached hydrogen (secondary N) is 2. The van der Waals surface area contributed by atoms with Gasteiger partial charge < -0.3 is 20.1 Å². The molecule has 0 radical (unpaired) electrons. The van der Waals surface area contributed by atoms with Gasteiger partial charge in [0, 0.05) is 17.5 Å². The largest absolute Gasteiger partial charge is 0.545 e. The van der Waals surface area contributed by atoms with Crippen molar-refractivity contribution in [3.05, 3.63) is 51.9 Å². The molecule has 1 atom stereocenters. The van der Waals surface area contributed by atoms with Crippen molar-refractivity contribution < 1.29 is 19.6 Å². The Labute approximate surface area is 138 Å². The van der Waals surface area contributed by atoms with Crippen molar-refractivity contribution in [1.29, 1.82) is 0 Å². The number of quaternary nitrogens is 1. The van der Waals surface area contributed by atoms with Gasteiger partial charge in [-0.15, -0.1) is 11.3 Å². The number of carbonyl (C=O) groups excluding carboxylic acids is 2. The van der Waals surface area contributed by atoms with Crippen LogP contribution in [-0.4, -0.2) is 25.0 Å². The molecule has 1 aromatic carbocycles. The number of thiophene rings is 1. The van der Waals surface area contributed by atoms with Crippen LogP contribution in [0.1, 0.15) is 38.1 Å². The third-order valence-electron chi connectivity index (χ3n) is 4.20. The highest BCUT2D eigenvalue weighted by molar-refractivity contribution is 7.17. The molecule has 5 nitrogen and oxygen atoms in total. The van der Waals surface area contributed by atoms with Gasteiger partial charge in [0.2, 0.25) is 0 Å². The van der Waals surface area contributed by atoms with Crippen LogP contribution in [0.4, 0.5) is 5.00 Å². The summed E-state index contributed by atoms with van der Waals surface area (Å²) in [5, 5.41) is 14.7. The van der Waals surface area contributed by atoms with Gasteiger partial charge in [0.1, 0.15) is 11.5 Å². The van der Waals surface area contributed by atoms with Crippen molar-refractivity contribution in [2.75, 3.05) is 18.4 Å². The Morgan fingerprint density at radius 3 is 2.70 bits per heavy atom. The van der Waals surface area contributed by atoms with Gasteiger partial charge in [0.15, 0.2) is 0 Å². The van der Waals surface area contributed by atoms with Crippen LogP contribution in [0.25, 0.3) is 0 Å². The maximum Gasteiger partial charge on any atom is 0.256 e. The maximum absolute atomic E-state index is 12.3. The van der Waals surface area contributed by atoms with Crippen molar-refractivity contribution in [1.82, 2.24) is 0 Å². The van der Waals surface area contributed by atoms with Crippen LogP contribution in [0.3, 0.4) is 0 Å². The highest BCUT2D eigenvalue weighted by atomic mass is 32.1. The molecular weight excluding hydrogens is 312 g/mol. The third-order valence-corrected chi connectivity index (χ3v) is 5.34. The van der Waals surface area contributed by atoms with E-state index in [4.69, 9.17) is 0 Å². The van der Waals surface area contributed by atoms with Crippen LogP contribution >= 0.6 is 11.3 Å². The van der Waals surface area contributed by atoms with Crippen LogP contribution in [0, 0.1) is 0 Å². The van der Waals surface area contributed by atoms with Crippen LogP contribution in [0.5, 0.6) is 0 Å². The van der Waals surface area contributed by atoms with Crippen LogP contribution in [0.2, 0.25) is 0 Å². The normalized spacial score (nSPS) is 16.7.